The van der Waals surface area contributed by atoms with Gasteiger partial charge in [0.05, 0.1) is 23.6 Å². The van der Waals surface area contributed by atoms with Gasteiger partial charge in [0, 0.05) is 49.4 Å². The van der Waals surface area contributed by atoms with Crippen LogP contribution in [0.2, 0.25) is 0 Å². The molecule has 8 heteroatoms. The summed E-state index contributed by atoms with van der Waals surface area (Å²) in [6.45, 7) is 9.46. The van der Waals surface area contributed by atoms with Gasteiger partial charge in [-0.05, 0) is 45.0 Å². The lowest BCUT2D eigenvalue weighted by Crippen LogP contribution is -2.51. The Kier molecular flexibility index (Phi) is 8.25. The number of hydrogen-bond acceptors (Lipinski definition) is 6. The number of aryl methyl sites for hydroxylation is 2. The van der Waals surface area contributed by atoms with Gasteiger partial charge in [-0.25, -0.2) is 0 Å². The zero-order valence-corrected chi connectivity index (χ0v) is 21.4. The Morgan fingerprint density at radius 2 is 1.74 bits per heavy atom. The Labute approximate surface area is 211 Å². The second-order valence-electron chi connectivity index (χ2n) is 8.76. The van der Waals surface area contributed by atoms with Crippen LogP contribution in [0.15, 0.2) is 64.0 Å². The minimum atomic E-state index is 0.0302. The number of anilines is 1. The van der Waals surface area contributed by atoms with E-state index >= 15 is 0 Å². The summed E-state index contributed by atoms with van der Waals surface area (Å²) in [7, 11) is 0. The number of nitrogens with zero attached hydrogens (tertiary/aromatic N) is 4. The molecule has 0 N–H and O–H groups in total. The number of aromatic nitrogens is 1. The van der Waals surface area contributed by atoms with Crippen LogP contribution in [-0.4, -0.2) is 66.0 Å². The zero-order valence-electron chi connectivity index (χ0n) is 20.6. The number of amides is 2. The standard InChI is InChI=1S/C27H32N4O3S/c1-4-31(22-11-9-20(2)10-12-22)26(32)18-29-13-15-30(16-14-29)27(33)24-7-5-6-8-25(24)35-19-23-17-21(3)28-34-23/h5-12,17H,4,13-16,18-19H2,1-3H3. The van der Waals surface area contributed by atoms with Crippen molar-refractivity contribution in [2.75, 3.05) is 44.2 Å². The first kappa shape index (κ1) is 25.0. The first-order chi connectivity index (χ1) is 16.9. The molecule has 0 atom stereocenters. The zero-order chi connectivity index (χ0) is 24.8. The van der Waals surface area contributed by atoms with E-state index in [1.165, 1.54) is 5.56 Å². The molecule has 0 unspecified atom stereocenters. The summed E-state index contributed by atoms with van der Waals surface area (Å²) in [5.41, 5.74) is 3.65. The fourth-order valence-corrected chi connectivity index (χ4v) is 5.11. The van der Waals surface area contributed by atoms with E-state index in [-0.39, 0.29) is 11.8 Å². The molecular weight excluding hydrogens is 460 g/mol. The summed E-state index contributed by atoms with van der Waals surface area (Å²) in [5, 5.41) is 3.93. The molecule has 2 aromatic carbocycles. The van der Waals surface area contributed by atoms with Gasteiger partial charge in [-0.1, -0.05) is 35.0 Å². The Hall–Kier alpha value is -3.10. The molecule has 7 nitrogen and oxygen atoms in total. The maximum Gasteiger partial charge on any atom is 0.255 e. The van der Waals surface area contributed by atoms with E-state index in [0.717, 1.165) is 22.0 Å². The maximum atomic E-state index is 13.3. The van der Waals surface area contributed by atoms with E-state index in [1.54, 1.807) is 11.8 Å². The smallest absolute Gasteiger partial charge is 0.255 e. The van der Waals surface area contributed by atoms with Gasteiger partial charge in [-0.3, -0.25) is 14.5 Å². The summed E-state index contributed by atoms with van der Waals surface area (Å²) >= 11 is 1.58. The minimum absolute atomic E-state index is 0.0302. The molecule has 1 aromatic heterocycles. The van der Waals surface area contributed by atoms with Crippen molar-refractivity contribution >= 4 is 29.3 Å². The van der Waals surface area contributed by atoms with Gasteiger partial charge in [-0.15, -0.1) is 11.8 Å². The van der Waals surface area contributed by atoms with Crippen molar-refractivity contribution in [3.63, 3.8) is 0 Å². The van der Waals surface area contributed by atoms with Crippen molar-refractivity contribution in [2.24, 2.45) is 0 Å². The number of likely N-dealkylation sites (N-methyl/N-ethyl adjacent to an activating group) is 1. The topological polar surface area (TPSA) is 69.9 Å². The largest absolute Gasteiger partial charge is 0.360 e. The Morgan fingerprint density at radius 1 is 1.03 bits per heavy atom. The second-order valence-corrected chi connectivity index (χ2v) is 9.78. The molecule has 184 valence electrons. The molecule has 0 radical (unpaired) electrons. The van der Waals surface area contributed by atoms with Gasteiger partial charge in [0.25, 0.3) is 5.91 Å². The van der Waals surface area contributed by atoms with Gasteiger partial charge in [0.1, 0.15) is 5.76 Å². The molecule has 3 aromatic rings. The van der Waals surface area contributed by atoms with E-state index < -0.39 is 0 Å². The molecule has 0 aliphatic carbocycles. The normalized spacial score (nSPS) is 14.2. The number of carbonyl (C=O) groups is 2. The average Bonchev–Trinajstić information content (AvgIpc) is 3.29. The first-order valence-electron chi connectivity index (χ1n) is 12.0. The molecule has 0 saturated carbocycles. The van der Waals surface area contributed by atoms with Crippen LogP contribution in [0.5, 0.6) is 0 Å². The molecule has 1 aliphatic heterocycles. The molecule has 1 saturated heterocycles. The summed E-state index contributed by atoms with van der Waals surface area (Å²) in [5.74, 6) is 1.53. The summed E-state index contributed by atoms with van der Waals surface area (Å²) in [6.07, 6.45) is 0. The molecule has 1 aliphatic rings. The number of piperazine rings is 1. The minimum Gasteiger partial charge on any atom is -0.360 e. The fraction of sp³-hybridized carbons (Fsp3) is 0.370. The second kappa shape index (κ2) is 11.6. The average molecular weight is 493 g/mol. The van der Waals surface area contributed by atoms with Crippen molar-refractivity contribution < 1.29 is 14.1 Å². The monoisotopic (exact) mass is 492 g/mol. The van der Waals surface area contributed by atoms with Gasteiger partial charge in [0.15, 0.2) is 0 Å². The highest BCUT2D eigenvalue weighted by Crippen LogP contribution is 2.28. The van der Waals surface area contributed by atoms with Crippen LogP contribution in [0, 0.1) is 13.8 Å². The van der Waals surface area contributed by atoms with Crippen molar-refractivity contribution in [1.29, 1.82) is 0 Å². The summed E-state index contributed by atoms with van der Waals surface area (Å²) < 4.78 is 5.30. The van der Waals surface area contributed by atoms with Gasteiger partial charge < -0.3 is 14.3 Å². The molecule has 1 fully saturated rings. The van der Waals surface area contributed by atoms with E-state index in [4.69, 9.17) is 4.52 Å². The van der Waals surface area contributed by atoms with E-state index in [0.29, 0.717) is 50.6 Å². The quantitative estimate of drug-likeness (QED) is 0.434. The third-order valence-electron chi connectivity index (χ3n) is 6.15. The first-order valence-corrected chi connectivity index (χ1v) is 13.0. The predicted octanol–water partition coefficient (Wildman–Crippen LogP) is 4.39. The van der Waals surface area contributed by atoms with E-state index in [2.05, 4.69) is 10.1 Å². The van der Waals surface area contributed by atoms with Crippen LogP contribution in [0.25, 0.3) is 0 Å². The van der Waals surface area contributed by atoms with Gasteiger partial charge >= 0.3 is 0 Å². The lowest BCUT2D eigenvalue weighted by atomic mass is 10.1. The fourth-order valence-electron chi connectivity index (χ4n) is 4.19. The highest BCUT2D eigenvalue weighted by molar-refractivity contribution is 7.98. The Balaban J connectivity index is 1.32. The van der Waals surface area contributed by atoms with Crippen molar-refractivity contribution in [2.45, 2.75) is 31.4 Å². The van der Waals surface area contributed by atoms with Crippen LogP contribution in [0.4, 0.5) is 5.69 Å². The number of rotatable bonds is 8. The van der Waals surface area contributed by atoms with Crippen LogP contribution in [-0.2, 0) is 10.5 Å². The lowest BCUT2D eigenvalue weighted by molar-refractivity contribution is -0.120. The van der Waals surface area contributed by atoms with Crippen LogP contribution >= 0.6 is 11.8 Å². The molecule has 0 spiro atoms. The molecule has 0 bridgehead atoms. The van der Waals surface area contributed by atoms with Crippen molar-refractivity contribution in [1.82, 2.24) is 15.0 Å². The molecule has 2 amide bonds. The van der Waals surface area contributed by atoms with Gasteiger partial charge in [0.2, 0.25) is 5.91 Å². The van der Waals surface area contributed by atoms with Crippen molar-refractivity contribution in [3.05, 3.63) is 77.2 Å². The number of benzene rings is 2. The molecule has 35 heavy (non-hydrogen) atoms. The van der Waals surface area contributed by atoms with Gasteiger partial charge in [-0.2, -0.15) is 0 Å². The third kappa shape index (κ3) is 6.32. The third-order valence-corrected chi connectivity index (χ3v) is 7.24. The highest BCUT2D eigenvalue weighted by atomic mass is 32.2. The van der Waals surface area contributed by atoms with Crippen LogP contribution in [0.1, 0.15) is 34.3 Å². The molecular formula is C27H32N4O3S. The van der Waals surface area contributed by atoms with Crippen molar-refractivity contribution in [3.8, 4) is 0 Å². The lowest BCUT2D eigenvalue weighted by Gasteiger charge is -2.35. The number of hydrogen-bond donors (Lipinski definition) is 0. The van der Waals surface area contributed by atoms with Crippen LogP contribution < -0.4 is 4.90 Å². The van der Waals surface area contributed by atoms with Crippen LogP contribution in [0.3, 0.4) is 0 Å². The van der Waals surface area contributed by atoms with E-state index in [9.17, 15) is 9.59 Å². The Bertz CT molecular complexity index is 1150. The summed E-state index contributed by atoms with van der Waals surface area (Å²) in [6, 6.07) is 17.6. The molecule has 2 heterocycles. The summed E-state index contributed by atoms with van der Waals surface area (Å²) in [4.78, 5) is 33.1. The predicted molar refractivity (Wildman–Crippen MR) is 139 cm³/mol. The Morgan fingerprint density at radius 3 is 2.40 bits per heavy atom. The number of carbonyl (C=O) groups excluding carboxylic acids is 2. The maximum absolute atomic E-state index is 13.3. The SMILES string of the molecule is CCN(C(=O)CN1CCN(C(=O)c2ccccc2SCc2cc(C)no2)CC1)c1ccc(C)cc1. The van der Waals surface area contributed by atoms with E-state index in [1.807, 2.05) is 85.2 Å². The molecule has 4 rings (SSSR count). The highest BCUT2D eigenvalue weighted by Gasteiger charge is 2.26. The number of thioether (sulfide) groups is 1.